The van der Waals surface area contributed by atoms with E-state index >= 15 is 0 Å². The van der Waals surface area contributed by atoms with Gasteiger partial charge in [-0.25, -0.2) is 8.42 Å². The Morgan fingerprint density at radius 1 is 1.00 bits per heavy atom. The molecule has 0 radical (unpaired) electrons. The van der Waals surface area contributed by atoms with E-state index < -0.39 is 22.0 Å². The zero-order valence-electron chi connectivity index (χ0n) is 16.1. The largest absolute Gasteiger partial charge is 0.480 e. The lowest BCUT2D eigenvalue weighted by atomic mass is 10.0. The first-order valence-electron chi connectivity index (χ1n) is 9.49. The number of piperazine rings is 1. The van der Waals surface area contributed by atoms with E-state index in [1.807, 2.05) is 36.1 Å². The topological polar surface area (TPSA) is 93.7 Å². The lowest BCUT2D eigenvalue weighted by molar-refractivity contribution is -0.144. The van der Waals surface area contributed by atoms with Gasteiger partial charge >= 0.3 is 5.97 Å². The van der Waals surface area contributed by atoms with Gasteiger partial charge in [-0.2, -0.15) is 4.31 Å². The molecule has 0 aliphatic carbocycles. The van der Waals surface area contributed by atoms with Crippen LogP contribution in [0.25, 0.3) is 10.9 Å². The average molecular weight is 413 g/mol. The predicted octanol–water partition coefficient (Wildman–Crippen LogP) is 2.61. The van der Waals surface area contributed by atoms with Crippen molar-refractivity contribution in [1.82, 2.24) is 14.2 Å². The van der Waals surface area contributed by atoms with Crippen LogP contribution in [0.1, 0.15) is 17.3 Å². The highest BCUT2D eigenvalue weighted by Gasteiger charge is 2.36. The van der Waals surface area contributed by atoms with Crippen molar-refractivity contribution in [1.29, 1.82) is 0 Å². The van der Waals surface area contributed by atoms with Crippen molar-refractivity contribution in [2.45, 2.75) is 17.9 Å². The Morgan fingerprint density at radius 2 is 1.62 bits per heavy atom. The molecule has 2 aromatic carbocycles. The molecule has 0 bridgehead atoms. The molecule has 1 aromatic heterocycles. The number of carboxylic acid groups (broad SMARTS) is 1. The van der Waals surface area contributed by atoms with Gasteiger partial charge in [0.1, 0.15) is 6.04 Å². The Bertz CT molecular complexity index is 1130. The van der Waals surface area contributed by atoms with E-state index in [4.69, 9.17) is 0 Å². The average Bonchev–Trinajstić information content (AvgIpc) is 3.05. The number of carbonyl (C=O) groups is 1. The first-order valence-corrected chi connectivity index (χ1v) is 10.9. The number of aryl methyl sites for hydroxylation is 1. The second kappa shape index (κ2) is 7.62. The number of fused-ring (bicyclic) bond motifs is 1. The second-order valence-electron chi connectivity index (χ2n) is 7.20. The summed E-state index contributed by atoms with van der Waals surface area (Å²) in [4.78, 5) is 17.6. The standard InChI is InChI=1S/C21H23N3O4S/c1-15-19(17-9-5-6-10-18(17)22-15)20(21(25)26)23-11-13-24(14-12-23)29(27,28)16-7-3-2-4-8-16/h2-10,20,22H,11-14H2,1H3,(H,25,26)/t20-/m0/s1. The minimum Gasteiger partial charge on any atom is -0.480 e. The third-order valence-corrected chi connectivity index (χ3v) is 7.38. The highest BCUT2D eigenvalue weighted by atomic mass is 32.2. The van der Waals surface area contributed by atoms with Crippen molar-refractivity contribution >= 4 is 26.9 Å². The van der Waals surface area contributed by atoms with Crippen LogP contribution in [0.4, 0.5) is 0 Å². The van der Waals surface area contributed by atoms with E-state index in [-0.39, 0.29) is 18.0 Å². The molecule has 1 fully saturated rings. The van der Waals surface area contributed by atoms with E-state index in [2.05, 4.69) is 4.98 Å². The highest BCUT2D eigenvalue weighted by Crippen LogP contribution is 2.33. The zero-order valence-corrected chi connectivity index (χ0v) is 16.9. The molecule has 1 aliphatic rings. The Morgan fingerprint density at radius 3 is 2.28 bits per heavy atom. The molecular formula is C21H23N3O4S. The molecule has 4 rings (SSSR count). The molecule has 1 atom stereocenters. The van der Waals surface area contributed by atoms with Crippen LogP contribution in [0.15, 0.2) is 59.5 Å². The van der Waals surface area contributed by atoms with Crippen molar-refractivity contribution < 1.29 is 18.3 Å². The van der Waals surface area contributed by atoms with Crippen molar-refractivity contribution in [3.63, 3.8) is 0 Å². The Balaban J connectivity index is 1.59. The summed E-state index contributed by atoms with van der Waals surface area (Å²) in [5.41, 5.74) is 2.46. The molecule has 152 valence electrons. The summed E-state index contributed by atoms with van der Waals surface area (Å²) in [5, 5.41) is 10.9. The fraction of sp³-hybridized carbons (Fsp3) is 0.286. The van der Waals surface area contributed by atoms with Crippen LogP contribution in [-0.2, 0) is 14.8 Å². The number of aliphatic carboxylic acids is 1. The molecule has 8 heteroatoms. The van der Waals surface area contributed by atoms with Crippen LogP contribution in [0.3, 0.4) is 0 Å². The number of aromatic amines is 1. The summed E-state index contributed by atoms with van der Waals surface area (Å²) in [6.45, 7) is 3.08. The first-order chi connectivity index (χ1) is 13.9. The van der Waals surface area contributed by atoms with E-state index in [9.17, 15) is 18.3 Å². The van der Waals surface area contributed by atoms with Gasteiger partial charge in [0.15, 0.2) is 0 Å². The maximum Gasteiger partial charge on any atom is 0.325 e. The fourth-order valence-corrected chi connectivity index (χ4v) is 5.50. The second-order valence-corrected chi connectivity index (χ2v) is 9.14. The molecule has 7 nitrogen and oxygen atoms in total. The van der Waals surface area contributed by atoms with Crippen LogP contribution in [0.5, 0.6) is 0 Å². The van der Waals surface area contributed by atoms with E-state index in [0.29, 0.717) is 13.1 Å². The molecule has 0 spiro atoms. The predicted molar refractivity (Wildman–Crippen MR) is 110 cm³/mol. The van der Waals surface area contributed by atoms with E-state index in [0.717, 1.165) is 22.2 Å². The van der Waals surface area contributed by atoms with Crippen molar-refractivity contribution in [2.24, 2.45) is 0 Å². The summed E-state index contributed by atoms with van der Waals surface area (Å²) < 4.78 is 27.1. The maximum absolute atomic E-state index is 12.8. The quantitative estimate of drug-likeness (QED) is 0.671. The number of sulfonamides is 1. The monoisotopic (exact) mass is 413 g/mol. The molecule has 2 N–H and O–H groups in total. The molecule has 3 aromatic rings. The van der Waals surface area contributed by atoms with Gasteiger partial charge in [-0.05, 0) is 25.1 Å². The molecule has 0 saturated carbocycles. The number of hydrogen-bond donors (Lipinski definition) is 2. The van der Waals surface area contributed by atoms with Gasteiger partial charge in [0.05, 0.1) is 4.90 Å². The first kappa shape index (κ1) is 19.6. The van der Waals surface area contributed by atoms with Crippen LogP contribution in [0.2, 0.25) is 0 Å². The van der Waals surface area contributed by atoms with Gasteiger partial charge in [-0.1, -0.05) is 36.4 Å². The number of nitrogens with one attached hydrogen (secondary N) is 1. The molecule has 0 unspecified atom stereocenters. The SMILES string of the molecule is Cc1[nH]c2ccccc2c1[C@@H](C(=O)O)N1CCN(S(=O)(=O)c2ccccc2)CC1. The summed E-state index contributed by atoms with van der Waals surface area (Å²) >= 11 is 0. The lowest BCUT2D eigenvalue weighted by Crippen LogP contribution is -2.51. The summed E-state index contributed by atoms with van der Waals surface area (Å²) in [7, 11) is -3.57. The molecule has 29 heavy (non-hydrogen) atoms. The number of rotatable bonds is 5. The molecule has 1 aliphatic heterocycles. The zero-order chi connectivity index (χ0) is 20.6. The van der Waals surface area contributed by atoms with E-state index in [1.165, 1.54) is 4.31 Å². The van der Waals surface area contributed by atoms with Gasteiger partial charge in [-0.3, -0.25) is 9.69 Å². The number of hydrogen-bond acceptors (Lipinski definition) is 4. The van der Waals surface area contributed by atoms with Gasteiger partial charge in [0.25, 0.3) is 0 Å². The number of carboxylic acids is 1. The van der Waals surface area contributed by atoms with Crippen molar-refractivity contribution in [3.8, 4) is 0 Å². The van der Waals surface area contributed by atoms with Gasteiger partial charge in [-0.15, -0.1) is 0 Å². The van der Waals surface area contributed by atoms with E-state index in [1.54, 1.807) is 30.3 Å². The van der Waals surface area contributed by atoms with Crippen LogP contribution < -0.4 is 0 Å². The molecule has 1 saturated heterocycles. The van der Waals surface area contributed by atoms with Gasteiger partial charge < -0.3 is 10.1 Å². The smallest absolute Gasteiger partial charge is 0.325 e. The van der Waals surface area contributed by atoms with Gasteiger partial charge in [0, 0.05) is 48.3 Å². The lowest BCUT2D eigenvalue weighted by Gasteiger charge is -2.37. The third kappa shape index (κ3) is 3.55. The van der Waals surface area contributed by atoms with Crippen molar-refractivity contribution in [2.75, 3.05) is 26.2 Å². The third-order valence-electron chi connectivity index (χ3n) is 5.47. The Hall–Kier alpha value is -2.68. The van der Waals surface area contributed by atoms with Gasteiger partial charge in [0.2, 0.25) is 10.0 Å². The van der Waals surface area contributed by atoms with Crippen LogP contribution in [0, 0.1) is 6.92 Å². The minimum absolute atomic E-state index is 0.252. The normalized spacial score (nSPS) is 17.4. The van der Waals surface area contributed by atoms with Crippen molar-refractivity contribution in [3.05, 3.63) is 65.9 Å². The minimum atomic E-state index is -3.57. The molecule has 0 amide bonds. The number of H-pyrrole nitrogens is 1. The number of aromatic nitrogens is 1. The van der Waals surface area contributed by atoms with Crippen LogP contribution >= 0.6 is 0 Å². The fourth-order valence-electron chi connectivity index (χ4n) is 4.06. The Labute approximate surface area is 169 Å². The maximum atomic E-state index is 12.8. The van der Waals surface area contributed by atoms with Crippen LogP contribution in [-0.4, -0.2) is 59.9 Å². The summed E-state index contributed by atoms with van der Waals surface area (Å²) in [6.07, 6.45) is 0. The number of benzene rings is 2. The number of para-hydroxylation sites is 1. The Kier molecular flexibility index (Phi) is 5.16. The molecule has 2 heterocycles. The number of nitrogens with zero attached hydrogens (tertiary/aromatic N) is 2. The summed E-state index contributed by atoms with van der Waals surface area (Å²) in [6, 6.07) is 15.1. The highest BCUT2D eigenvalue weighted by molar-refractivity contribution is 7.89. The molecular weight excluding hydrogens is 390 g/mol. The summed E-state index contributed by atoms with van der Waals surface area (Å²) in [5.74, 6) is -0.933.